The Balaban J connectivity index is 1.92. The molecule has 0 bridgehead atoms. The Hall–Kier alpha value is -2.76. The van der Waals surface area contributed by atoms with Crippen molar-refractivity contribution in [1.82, 2.24) is 19.9 Å². The molecule has 0 aliphatic heterocycles. The SMILES string of the molecule is CC(C)C(=O)NCc1nc2cccnc2n1Cc1ccc(F)cc1. The number of nitrogens with zero attached hydrogens (tertiary/aromatic N) is 3. The standard InChI is InChI=1S/C18H19FN4O/c1-12(2)18(24)21-10-16-22-15-4-3-9-20-17(15)23(16)11-13-5-7-14(19)8-6-13/h3-9,12H,10-11H2,1-2H3,(H,21,24). The number of hydrogen-bond acceptors (Lipinski definition) is 3. The molecule has 1 amide bonds. The lowest BCUT2D eigenvalue weighted by molar-refractivity contribution is -0.124. The normalized spacial score (nSPS) is 11.2. The van der Waals surface area contributed by atoms with E-state index in [4.69, 9.17) is 0 Å². The fourth-order valence-corrected chi connectivity index (χ4v) is 2.45. The number of imidazole rings is 1. The van der Waals surface area contributed by atoms with Crippen molar-refractivity contribution in [2.45, 2.75) is 26.9 Å². The Bertz CT molecular complexity index is 855. The van der Waals surface area contributed by atoms with Crippen LogP contribution in [-0.4, -0.2) is 20.4 Å². The maximum atomic E-state index is 13.1. The van der Waals surface area contributed by atoms with Gasteiger partial charge in [0.1, 0.15) is 17.2 Å². The van der Waals surface area contributed by atoms with Crippen molar-refractivity contribution >= 4 is 17.1 Å². The van der Waals surface area contributed by atoms with Crippen LogP contribution in [0.3, 0.4) is 0 Å². The summed E-state index contributed by atoms with van der Waals surface area (Å²) < 4.78 is 15.1. The molecule has 24 heavy (non-hydrogen) atoms. The lowest BCUT2D eigenvalue weighted by Crippen LogP contribution is -2.28. The summed E-state index contributed by atoms with van der Waals surface area (Å²) in [5.41, 5.74) is 2.46. The average Bonchev–Trinajstić information content (AvgIpc) is 2.92. The number of nitrogens with one attached hydrogen (secondary N) is 1. The number of amides is 1. The van der Waals surface area contributed by atoms with Crippen LogP contribution in [0.15, 0.2) is 42.6 Å². The van der Waals surface area contributed by atoms with Gasteiger partial charge in [-0.15, -0.1) is 0 Å². The van der Waals surface area contributed by atoms with E-state index in [9.17, 15) is 9.18 Å². The molecule has 0 aliphatic rings. The number of benzene rings is 1. The van der Waals surface area contributed by atoms with Crippen LogP contribution in [0.1, 0.15) is 25.2 Å². The molecular formula is C18H19FN4O. The van der Waals surface area contributed by atoms with Gasteiger partial charge in [-0.3, -0.25) is 4.79 Å². The van der Waals surface area contributed by atoms with Crippen molar-refractivity contribution in [3.05, 3.63) is 59.8 Å². The summed E-state index contributed by atoms with van der Waals surface area (Å²) >= 11 is 0. The Morgan fingerprint density at radius 1 is 1.25 bits per heavy atom. The van der Waals surface area contributed by atoms with E-state index in [0.717, 1.165) is 22.6 Å². The van der Waals surface area contributed by atoms with Gasteiger partial charge in [-0.1, -0.05) is 26.0 Å². The molecule has 124 valence electrons. The Kier molecular flexibility index (Phi) is 4.55. The lowest BCUT2D eigenvalue weighted by Gasteiger charge is -2.11. The average molecular weight is 326 g/mol. The third-order valence-corrected chi connectivity index (χ3v) is 3.78. The van der Waals surface area contributed by atoms with Gasteiger partial charge in [-0.25, -0.2) is 14.4 Å². The van der Waals surface area contributed by atoms with Gasteiger partial charge in [0.25, 0.3) is 0 Å². The molecule has 0 atom stereocenters. The predicted molar refractivity (Wildman–Crippen MR) is 89.7 cm³/mol. The first-order valence-corrected chi connectivity index (χ1v) is 7.87. The molecular weight excluding hydrogens is 307 g/mol. The maximum absolute atomic E-state index is 13.1. The predicted octanol–water partition coefficient (Wildman–Crippen LogP) is 2.89. The summed E-state index contributed by atoms with van der Waals surface area (Å²) in [6.07, 6.45) is 1.71. The molecule has 5 nitrogen and oxygen atoms in total. The van der Waals surface area contributed by atoms with Crippen LogP contribution in [0.2, 0.25) is 0 Å². The van der Waals surface area contributed by atoms with E-state index in [-0.39, 0.29) is 17.6 Å². The number of rotatable bonds is 5. The molecule has 6 heteroatoms. The fourth-order valence-electron chi connectivity index (χ4n) is 2.45. The number of fused-ring (bicyclic) bond motifs is 1. The van der Waals surface area contributed by atoms with Crippen LogP contribution in [0.4, 0.5) is 4.39 Å². The zero-order valence-corrected chi connectivity index (χ0v) is 13.7. The largest absolute Gasteiger partial charge is 0.349 e. The highest BCUT2D eigenvalue weighted by atomic mass is 19.1. The van der Waals surface area contributed by atoms with Crippen molar-refractivity contribution in [3.8, 4) is 0 Å². The van der Waals surface area contributed by atoms with Crippen LogP contribution in [0, 0.1) is 11.7 Å². The van der Waals surface area contributed by atoms with Gasteiger partial charge < -0.3 is 9.88 Å². The van der Waals surface area contributed by atoms with E-state index in [0.29, 0.717) is 13.1 Å². The Morgan fingerprint density at radius 3 is 2.71 bits per heavy atom. The molecule has 0 fully saturated rings. The quantitative estimate of drug-likeness (QED) is 0.784. The van der Waals surface area contributed by atoms with Crippen LogP contribution < -0.4 is 5.32 Å². The highest BCUT2D eigenvalue weighted by Gasteiger charge is 2.14. The highest BCUT2D eigenvalue weighted by Crippen LogP contribution is 2.16. The van der Waals surface area contributed by atoms with Crippen molar-refractivity contribution in [2.24, 2.45) is 5.92 Å². The Morgan fingerprint density at radius 2 is 2.00 bits per heavy atom. The third kappa shape index (κ3) is 3.42. The van der Waals surface area contributed by atoms with Gasteiger partial charge in [0.05, 0.1) is 13.1 Å². The van der Waals surface area contributed by atoms with E-state index >= 15 is 0 Å². The third-order valence-electron chi connectivity index (χ3n) is 3.78. The van der Waals surface area contributed by atoms with E-state index in [2.05, 4.69) is 15.3 Å². The van der Waals surface area contributed by atoms with Crippen molar-refractivity contribution in [3.63, 3.8) is 0 Å². The minimum Gasteiger partial charge on any atom is -0.349 e. The first-order chi connectivity index (χ1) is 11.5. The molecule has 0 saturated heterocycles. The minimum absolute atomic E-state index is 0.0247. The zero-order valence-electron chi connectivity index (χ0n) is 13.7. The van der Waals surface area contributed by atoms with Gasteiger partial charge >= 0.3 is 0 Å². The molecule has 0 aliphatic carbocycles. The molecule has 0 unspecified atom stereocenters. The lowest BCUT2D eigenvalue weighted by atomic mass is 10.2. The molecule has 3 rings (SSSR count). The number of hydrogen-bond donors (Lipinski definition) is 1. The van der Waals surface area contributed by atoms with Crippen molar-refractivity contribution in [2.75, 3.05) is 0 Å². The molecule has 1 N–H and O–H groups in total. The van der Waals surface area contributed by atoms with Crippen LogP contribution in [0.5, 0.6) is 0 Å². The second-order valence-corrected chi connectivity index (χ2v) is 5.96. The van der Waals surface area contributed by atoms with Gasteiger partial charge in [0.2, 0.25) is 5.91 Å². The van der Waals surface area contributed by atoms with Crippen molar-refractivity contribution in [1.29, 1.82) is 0 Å². The second kappa shape index (κ2) is 6.78. The van der Waals surface area contributed by atoms with E-state index in [1.165, 1.54) is 12.1 Å². The summed E-state index contributed by atoms with van der Waals surface area (Å²) in [6, 6.07) is 10.1. The summed E-state index contributed by atoms with van der Waals surface area (Å²) in [4.78, 5) is 20.8. The number of pyridine rings is 1. The highest BCUT2D eigenvalue weighted by molar-refractivity contribution is 5.78. The zero-order chi connectivity index (χ0) is 17.1. The molecule has 2 aromatic heterocycles. The number of halogens is 1. The van der Waals surface area contributed by atoms with Gasteiger partial charge in [0, 0.05) is 12.1 Å². The molecule has 2 heterocycles. The smallest absolute Gasteiger partial charge is 0.222 e. The second-order valence-electron chi connectivity index (χ2n) is 5.96. The van der Waals surface area contributed by atoms with Crippen LogP contribution in [-0.2, 0) is 17.9 Å². The number of aromatic nitrogens is 3. The first kappa shape index (κ1) is 16.1. The molecule has 0 saturated carbocycles. The number of carbonyl (C=O) groups is 1. The maximum Gasteiger partial charge on any atom is 0.222 e. The van der Waals surface area contributed by atoms with Crippen LogP contribution >= 0.6 is 0 Å². The van der Waals surface area contributed by atoms with E-state index in [1.54, 1.807) is 18.3 Å². The summed E-state index contributed by atoms with van der Waals surface area (Å²) in [6.45, 7) is 4.53. The summed E-state index contributed by atoms with van der Waals surface area (Å²) in [5.74, 6) is 0.347. The van der Waals surface area contributed by atoms with E-state index < -0.39 is 0 Å². The molecule has 0 spiro atoms. The van der Waals surface area contributed by atoms with Crippen LogP contribution in [0.25, 0.3) is 11.2 Å². The van der Waals surface area contributed by atoms with Gasteiger partial charge in [-0.05, 0) is 29.8 Å². The molecule has 1 aromatic carbocycles. The molecule has 0 radical (unpaired) electrons. The molecule has 3 aromatic rings. The first-order valence-electron chi connectivity index (χ1n) is 7.87. The summed E-state index contributed by atoms with van der Waals surface area (Å²) in [5, 5.41) is 2.88. The van der Waals surface area contributed by atoms with Crippen molar-refractivity contribution < 1.29 is 9.18 Å². The van der Waals surface area contributed by atoms with Gasteiger partial charge in [0.15, 0.2) is 5.65 Å². The summed E-state index contributed by atoms with van der Waals surface area (Å²) in [7, 11) is 0. The fraction of sp³-hybridized carbons (Fsp3) is 0.278. The number of carbonyl (C=O) groups excluding carboxylic acids is 1. The minimum atomic E-state index is -0.267. The van der Waals surface area contributed by atoms with Gasteiger partial charge in [-0.2, -0.15) is 0 Å². The van der Waals surface area contributed by atoms with E-state index in [1.807, 2.05) is 30.5 Å². The monoisotopic (exact) mass is 326 g/mol. The Labute approximate surface area is 139 Å². The topological polar surface area (TPSA) is 59.8 Å².